The minimum absolute atomic E-state index is 0.295. The van der Waals surface area contributed by atoms with Crippen molar-refractivity contribution in [3.05, 3.63) is 29.8 Å². The van der Waals surface area contributed by atoms with Crippen molar-refractivity contribution in [2.75, 3.05) is 27.7 Å². The van der Waals surface area contributed by atoms with Gasteiger partial charge in [0.15, 0.2) is 0 Å². The minimum Gasteiger partial charge on any atom is -0.497 e. The van der Waals surface area contributed by atoms with Gasteiger partial charge in [0.1, 0.15) is 11.8 Å². The Kier molecular flexibility index (Phi) is 9.37. The number of nitrogens with two attached hydrogens (primary N) is 1. The molecule has 0 saturated heterocycles. The summed E-state index contributed by atoms with van der Waals surface area (Å²) in [6.07, 6.45) is 3.71. The molecule has 1 saturated carbocycles. The Balaban J connectivity index is 0.000000370. The van der Waals surface area contributed by atoms with E-state index in [1.165, 1.54) is 6.42 Å². The molecule has 8 heteroatoms. The fourth-order valence-corrected chi connectivity index (χ4v) is 3.46. The number of nitrogens with zero attached hydrogens (tertiary/aromatic N) is 1. The van der Waals surface area contributed by atoms with Crippen LogP contribution in [0.15, 0.2) is 24.3 Å². The lowest BCUT2D eigenvalue weighted by Gasteiger charge is -2.41. The Morgan fingerprint density at radius 3 is 2.50 bits per heavy atom. The van der Waals surface area contributed by atoms with Gasteiger partial charge in [0, 0.05) is 12.5 Å². The first-order chi connectivity index (χ1) is 13.1. The van der Waals surface area contributed by atoms with E-state index in [1.807, 2.05) is 24.3 Å². The van der Waals surface area contributed by atoms with Crippen LogP contribution in [0.3, 0.4) is 0 Å². The van der Waals surface area contributed by atoms with E-state index in [1.54, 1.807) is 7.11 Å². The van der Waals surface area contributed by atoms with Crippen LogP contribution in [0.2, 0.25) is 0 Å². The van der Waals surface area contributed by atoms with Crippen molar-refractivity contribution in [3.63, 3.8) is 0 Å². The molecule has 1 fully saturated rings. The highest BCUT2D eigenvalue weighted by atomic mass is 16.5. The highest BCUT2D eigenvalue weighted by molar-refractivity contribution is 5.80. The maximum Gasteiger partial charge on any atom is 0.321 e. The molecule has 158 valence electrons. The summed E-state index contributed by atoms with van der Waals surface area (Å²) in [6.45, 7) is 0.924. The Morgan fingerprint density at radius 2 is 2.00 bits per heavy atom. The zero-order chi connectivity index (χ0) is 21.3. The zero-order valence-electron chi connectivity index (χ0n) is 16.8. The van der Waals surface area contributed by atoms with Gasteiger partial charge in [0.25, 0.3) is 0 Å². The monoisotopic (exact) mass is 396 g/mol. The maximum absolute atomic E-state index is 11.2. The van der Waals surface area contributed by atoms with Gasteiger partial charge in [-0.3, -0.25) is 9.59 Å². The molecule has 3 atom stereocenters. The van der Waals surface area contributed by atoms with Crippen LogP contribution in [0.4, 0.5) is 0 Å². The Labute approximate surface area is 165 Å². The number of rotatable bonds is 7. The third-order valence-electron chi connectivity index (χ3n) is 4.90. The molecule has 0 aromatic heterocycles. The van der Waals surface area contributed by atoms with Crippen LogP contribution in [0.25, 0.3) is 0 Å². The van der Waals surface area contributed by atoms with Crippen molar-refractivity contribution in [2.45, 2.75) is 43.7 Å². The molecule has 28 heavy (non-hydrogen) atoms. The van der Waals surface area contributed by atoms with Crippen molar-refractivity contribution in [2.24, 2.45) is 11.7 Å². The first-order valence-corrected chi connectivity index (χ1v) is 9.32. The summed E-state index contributed by atoms with van der Waals surface area (Å²) in [5.41, 5.74) is 5.12. The fraction of sp³-hybridized carbons (Fsp3) is 0.600. The van der Waals surface area contributed by atoms with E-state index in [4.69, 9.17) is 20.7 Å². The molecule has 1 aliphatic rings. The quantitative estimate of drug-likeness (QED) is 0.545. The molecule has 8 nitrogen and oxygen atoms in total. The van der Waals surface area contributed by atoms with E-state index >= 15 is 0 Å². The molecule has 0 heterocycles. The van der Waals surface area contributed by atoms with Gasteiger partial charge >= 0.3 is 11.9 Å². The molecule has 0 spiro atoms. The van der Waals surface area contributed by atoms with Crippen molar-refractivity contribution >= 4 is 11.9 Å². The molecule has 1 aromatic rings. The largest absolute Gasteiger partial charge is 0.497 e. The van der Waals surface area contributed by atoms with E-state index in [0.29, 0.717) is 5.92 Å². The van der Waals surface area contributed by atoms with E-state index in [-0.39, 0.29) is 0 Å². The van der Waals surface area contributed by atoms with Crippen molar-refractivity contribution in [1.82, 2.24) is 4.90 Å². The van der Waals surface area contributed by atoms with Crippen molar-refractivity contribution < 1.29 is 29.6 Å². The summed E-state index contributed by atoms with van der Waals surface area (Å²) in [5, 5.41) is 27.2. The van der Waals surface area contributed by atoms with Gasteiger partial charge < -0.3 is 30.7 Å². The van der Waals surface area contributed by atoms with E-state index < -0.39 is 30.0 Å². The van der Waals surface area contributed by atoms with Crippen LogP contribution in [-0.4, -0.2) is 65.9 Å². The molecule has 0 bridgehead atoms. The molecular weight excluding hydrogens is 364 g/mol. The van der Waals surface area contributed by atoms with Gasteiger partial charge in [0.2, 0.25) is 0 Å². The van der Waals surface area contributed by atoms with Gasteiger partial charge in [0.05, 0.1) is 19.1 Å². The second-order valence-electron chi connectivity index (χ2n) is 7.40. The van der Waals surface area contributed by atoms with Crippen molar-refractivity contribution in [1.29, 1.82) is 0 Å². The molecule has 1 aromatic carbocycles. The number of carboxylic acid groups (broad SMARTS) is 2. The molecule has 2 rings (SSSR count). The molecule has 0 amide bonds. The fourth-order valence-electron chi connectivity index (χ4n) is 3.46. The number of ether oxygens (including phenoxy) is 1. The van der Waals surface area contributed by atoms with E-state index in [2.05, 4.69) is 19.0 Å². The Bertz CT molecular complexity index is 651. The average Bonchev–Trinajstić information content (AvgIpc) is 2.63. The van der Waals surface area contributed by atoms with Crippen LogP contribution < -0.4 is 10.5 Å². The van der Waals surface area contributed by atoms with Crippen molar-refractivity contribution in [3.8, 4) is 5.75 Å². The summed E-state index contributed by atoms with van der Waals surface area (Å²) < 4.78 is 5.29. The molecule has 1 aliphatic carbocycles. The molecule has 0 radical (unpaired) electrons. The lowest BCUT2D eigenvalue weighted by Crippen LogP contribution is -2.43. The summed E-state index contributed by atoms with van der Waals surface area (Å²) in [5.74, 6) is -1.38. The number of methoxy groups -OCH3 is 1. The summed E-state index contributed by atoms with van der Waals surface area (Å²) >= 11 is 0. The van der Waals surface area contributed by atoms with Crippen LogP contribution >= 0.6 is 0 Å². The normalized spacial score (nSPS) is 22.7. The van der Waals surface area contributed by atoms with Crippen LogP contribution in [0, 0.1) is 5.92 Å². The first-order valence-electron chi connectivity index (χ1n) is 9.32. The third-order valence-corrected chi connectivity index (χ3v) is 4.90. The highest BCUT2D eigenvalue weighted by Gasteiger charge is 2.40. The number of carboxylic acids is 2. The Morgan fingerprint density at radius 1 is 1.32 bits per heavy atom. The number of aliphatic hydroxyl groups is 1. The number of carbonyl (C=O) groups is 2. The lowest BCUT2D eigenvalue weighted by molar-refractivity contribution is -0.144. The highest BCUT2D eigenvalue weighted by Crippen LogP contribution is 2.42. The smallest absolute Gasteiger partial charge is 0.321 e. The van der Waals surface area contributed by atoms with Gasteiger partial charge in [-0.15, -0.1) is 0 Å². The number of hydrogen-bond acceptors (Lipinski definition) is 6. The standard InChI is InChI=1S/C16H25NO2.C4H7NO4/c1-17(2)12-14-7-4-5-10-16(14,18)13-8-6-9-15(11-13)19-3;5-2(4(8)9)1-3(6)7/h6,8-9,11,14,18H,4-5,7,10,12H2,1-3H3;2H,1,5H2,(H,6,7)(H,8,9)/t14-,16+;2-/m10/s1. The molecule has 0 unspecified atom stereocenters. The maximum atomic E-state index is 11.2. The predicted octanol–water partition coefficient (Wildman–Crippen LogP) is 1.51. The SMILES string of the molecule is COc1cccc([C@@]2(O)CCCC[C@@H]2CN(C)C)c1.N[C@@H](CC(=O)O)C(=O)O. The summed E-state index contributed by atoms with van der Waals surface area (Å²) in [7, 11) is 5.81. The van der Waals surface area contributed by atoms with Gasteiger partial charge in [-0.2, -0.15) is 0 Å². The zero-order valence-corrected chi connectivity index (χ0v) is 16.8. The van der Waals surface area contributed by atoms with Crippen LogP contribution in [0.1, 0.15) is 37.7 Å². The minimum atomic E-state index is -1.29. The lowest BCUT2D eigenvalue weighted by atomic mass is 9.71. The van der Waals surface area contributed by atoms with E-state index in [9.17, 15) is 14.7 Å². The number of benzene rings is 1. The summed E-state index contributed by atoms with van der Waals surface area (Å²) in [6, 6.07) is 6.61. The average molecular weight is 396 g/mol. The summed E-state index contributed by atoms with van der Waals surface area (Å²) in [4.78, 5) is 21.8. The molecular formula is C20H32N2O6. The molecule has 5 N–H and O–H groups in total. The molecule has 0 aliphatic heterocycles. The van der Waals surface area contributed by atoms with E-state index in [0.717, 1.165) is 37.1 Å². The second kappa shape index (κ2) is 11.0. The number of aliphatic carboxylic acids is 2. The Hall–Kier alpha value is -2.16. The van der Waals surface area contributed by atoms with Gasteiger partial charge in [-0.1, -0.05) is 25.0 Å². The first kappa shape index (κ1) is 23.9. The van der Waals surface area contributed by atoms with Crippen LogP contribution in [0.5, 0.6) is 5.75 Å². The third kappa shape index (κ3) is 7.10. The second-order valence-corrected chi connectivity index (χ2v) is 7.40. The van der Waals surface area contributed by atoms with Gasteiger partial charge in [-0.25, -0.2) is 0 Å². The number of hydrogen-bond donors (Lipinski definition) is 4. The van der Waals surface area contributed by atoms with Crippen LogP contribution in [-0.2, 0) is 15.2 Å². The van der Waals surface area contributed by atoms with Gasteiger partial charge in [-0.05, 0) is 44.6 Å². The predicted molar refractivity (Wildman–Crippen MR) is 105 cm³/mol. The topological polar surface area (TPSA) is 133 Å².